The van der Waals surface area contributed by atoms with E-state index in [0.29, 0.717) is 22.4 Å². The van der Waals surface area contributed by atoms with E-state index >= 15 is 0 Å². The average molecular weight is 267 g/mol. The number of hydrogen-bond donors (Lipinski definition) is 2. The lowest BCUT2D eigenvalue weighted by Gasteiger charge is -2.12. The van der Waals surface area contributed by atoms with Crippen molar-refractivity contribution in [2.24, 2.45) is 0 Å². The van der Waals surface area contributed by atoms with E-state index in [4.69, 9.17) is 10.5 Å². The van der Waals surface area contributed by atoms with Crippen molar-refractivity contribution in [3.63, 3.8) is 0 Å². The van der Waals surface area contributed by atoms with Crippen LogP contribution < -0.4 is 10.5 Å². The highest BCUT2D eigenvalue weighted by molar-refractivity contribution is 7.85. The van der Waals surface area contributed by atoms with Gasteiger partial charge in [0, 0.05) is 16.6 Å². The smallest absolute Gasteiger partial charge is 0.294 e. The molecule has 0 aliphatic heterocycles. The van der Waals surface area contributed by atoms with Gasteiger partial charge in [-0.15, -0.1) is 0 Å². The molecule has 0 amide bonds. The van der Waals surface area contributed by atoms with Crippen molar-refractivity contribution in [3.05, 3.63) is 29.8 Å². The van der Waals surface area contributed by atoms with Crippen molar-refractivity contribution in [1.82, 2.24) is 0 Å². The fourth-order valence-electron chi connectivity index (χ4n) is 2.00. The number of methoxy groups -OCH3 is 1. The van der Waals surface area contributed by atoms with Gasteiger partial charge in [0.25, 0.3) is 10.1 Å². The molecule has 0 aliphatic rings. The second-order valence-electron chi connectivity index (χ2n) is 3.99. The van der Waals surface area contributed by atoms with Crippen molar-refractivity contribution in [3.8, 4) is 5.75 Å². The first-order valence-electron chi connectivity index (χ1n) is 5.19. The minimum Gasteiger partial charge on any atom is -0.496 e. The molecule has 0 spiro atoms. The summed E-state index contributed by atoms with van der Waals surface area (Å²) in [7, 11) is -2.84. The summed E-state index contributed by atoms with van der Waals surface area (Å²) in [6, 6.07) is 6.48. The zero-order valence-electron chi connectivity index (χ0n) is 9.97. The quantitative estimate of drug-likeness (QED) is 0.641. The summed E-state index contributed by atoms with van der Waals surface area (Å²) in [6.07, 6.45) is 0. The van der Waals surface area contributed by atoms with Crippen LogP contribution in [0.4, 0.5) is 5.69 Å². The molecule has 2 aromatic carbocycles. The first-order chi connectivity index (χ1) is 8.34. The van der Waals surface area contributed by atoms with Crippen molar-refractivity contribution in [2.75, 3.05) is 12.8 Å². The van der Waals surface area contributed by atoms with E-state index in [1.165, 1.54) is 13.2 Å². The second kappa shape index (κ2) is 4.15. The molecule has 2 rings (SSSR count). The molecule has 0 unspecified atom stereocenters. The number of ether oxygens (including phenoxy) is 1. The third kappa shape index (κ3) is 2.00. The number of fused-ring (bicyclic) bond motifs is 1. The molecule has 0 aliphatic carbocycles. The number of hydrogen-bond acceptors (Lipinski definition) is 4. The van der Waals surface area contributed by atoms with Crippen LogP contribution in [0, 0.1) is 6.92 Å². The monoisotopic (exact) mass is 267 g/mol. The molecule has 0 atom stereocenters. The molecule has 0 saturated heterocycles. The summed E-state index contributed by atoms with van der Waals surface area (Å²) in [5, 5.41) is 1.35. The summed E-state index contributed by atoms with van der Waals surface area (Å²) in [5.41, 5.74) is 6.54. The number of rotatable bonds is 2. The van der Waals surface area contributed by atoms with Crippen LogP contribution in [0.1, 0.15) is 5.56 Å². The molecular weight excluding hydrogens is 254 g/mol. The Labute approximate surface area is 105 Å². The molecule has 0 fully saturated rings. The maximum absolute atomic E-state index is 11.3. The lowest BCUT2D eigenvalue weighted by Crippen LogP contribution is -2.03. The summed E-state index contributed by atoms with van der Waals surface area (Å²) in [5.74, 6) is 0.417. The fourth-order valence-corrected chi connectivity index (χ4v) is 2.76. The van der Waals surface area contributed by atoms with Crippen molar-refractivity contribution in [2.45, 2.75) is 11.8 Å². The predicted molar refractivity (Wildman–Crippen MR) is 69.5 cm³/mol. The molecule has 18 heavy (non-hydrogen) atoms. The van der Waals surface area contributed by atoms with Crippen LogP contribution in [0.5, 0.6) is 5.75 Å². The Morgan fingerprint density at radius 2 is 1.94 bits per heavy atom. The third-order valence-electron chi connectivity index (χ3n) is 2.80. The summed E-state index contributed by atoms with van der Waals surface area (Å²) < 4.78 is 37.1. The van der Waals surface area contributed by atoms with Crippen LogP contribution >= 0.6 is 0 Å². The van der Waals surface area contributed by atoms with E-state index in [9.17, 15) is 13.0 Å². The van der Waals surface area contributed by atoms with Crippen molar-refractivity contribution < 1.29 is 17.7 Å². The van der Waals surface area contributed by atoms with Gasteiger partial charge in [-0.25, -0.2) is 0 Å². The second-order valence-corrected chi connectivity index (χ2v) is 5.38. The van der Waals surface area contributed by atoms with Crippen LogP contribution in [0.3, 0.4) is 0 Å². The normalized spacial score (nSPS) is 11.7. The van der Waals surface area contributed by atoms with Crippen molar-refractivity contribution in [1.29, 1.82) is 0 Å². The summed E-state index contributed by atoms with van der Waals surface area (Å²) >= 11 is 0. The van der Waals surface area contributed by atoms with Crippen LogP contribution in [0.2, 0.25) is 0 Å². The van der Waals surface area contributed by atoms with Crippen LogP contribution in [0.25, 0.3) is 10.8 Å². The first-order valence-corrected chi connectivity index (χ1v) is 6.63. The average Bonchev–Trinajstić information content (AvgIpc) is 2.27. The largest absolute Gasteiger partial charge is 0.496 e. The van der Waals surface area contributed by atoms with Gasteiger partial charge in [0.1, 0.15) is 10.6 Å². The van der Waals surface area contributed by atoms with Gasteiger partial charge >= 0.3 is 0 Å². The zero-order chi connectivity index (χ0) is 13.5. The lowest BCUT2D eigenvalue weighted by atomic mass is 10.1. The van der Waals surface area contributed by atoms with E-state index in [1.807, 2.05) is 0 Å². The van der Waals surface area contributed by atoms with E-state index in [2.05, 4.69) is 0 Å². The lowest BCUT2D eigenvalue weighted by molar-refractivity contribution is 0.414. The highest BCUT2D eigenvalue weighted by Crippen LogP contribution is 2.35. The fraction of sp³-hybridized carbons (Fsp3) is 0.167. The minimum atomic E-state index is -4.29. The summed E-state index contributed by atoms with van der Waals surface area (Å²) in [4.78, 5) is -0.169. The Hall–Kier alpha value is -1.79. The molecule has 0 saturated carbocycles. The topological polar surface area (TPSA) is 89.6 Å². The van der Waals surface area contributed by atoms with E-state index in [-0.39, 0.29) is 4.90 Å². The Balaban J connectivity index is 2.96. The molecule has 0 aromatic heterocycles. The van der Waals surface area contributed by atoms with E-state index in [0.717, 1.165) is 5.39 Å². The number of nitrogens with two attached hydrogens (primary N) is 1. The van der Waals surface area contributed by atoms with Gasteiger partial charge in [0.2, 0.25) is 0 Å². The molecule has 96 valence electrons. The van der Waals surface area contributed by atoms with Gasteiger partial charge in [0.15, 0.2) is 0 Å². The predicted octanol–water partition coefficient (Wildman–Crippen LogP) is 1.99. The number of benzene rings is 2. The molecule has 2 aromatic rings. The van der Waals surface area contributed by atoms with Gasteiger partial charge in [-0.3, -0.25) is 4.55 Å². The molecule has 0 heterocycles. The Kier molecular flexibility index (Phi) is 2.92. The maximum Gasteiger partial charge on any atom is 0.294 e. The SMILES string of the molecule is COc1c(C)c(S(=O)(=O)O)cc2cc(N)ccc12. The highest BCUT2D eigenvalue weighted by atomic mass is 32.2. The van der Waals surface area contributed by atoms with E-state index in [1.54, 1.807) is 25.1 Å². The van der Waals surface area contributed by atoms with Crippen LogP contribution in [-0.4, -0.2) is 20.1 Å². The van der Waals surface area contributed by atoms with E-state index < -0.39 is 10.1 Å². The Bertz CT molecular complexity index is 722. The maximum atomic E-state index is 11.3. The molecular formula is C12H13NO4S. The minimum absolute atomic E-state index is 0.169. The van der Waals surface area contributed by atoms with Crippen molar-refractivity contribution >= 4 is 26.6 Å². The van der Waals surface area contributed by atoms with Crippen LogP contribution in [-0.2, 0) is 10.1 Å². The van der Waals surface area contributed by atoms with Gasteiger partial charge < -0.3 is 10.5 Å². The summed E-state index contributed by atoms with van der Waals surface area (Å²) in [6.45, 7) is 1.58. The zero-order valence-corrected chi connectivity index (χ0v) is 10.8. The molecule has 6 heteroatoms. The number of anilines is 1. The third-order valence-corrected chi connectivity index (χ3v) is 3.78. The molecule has 0 radical (unpaired) electrons. The first kappa shape index (κ1) is 12.7. The molecule has 3 N–H and O–H groups in total. The molecule has 0 bridgehead atoms. The Morgan fingerprint density at radius 3 is 2.50 bits per heavy atom. The van der Waals surface area contributed by atoms with Gasteiger partial charge in [-0.1, -0.05) is 0 Å². The Morgan fingerprint density at radius 1 is 1.28 bits per heavy atom. The highest BCUT2D eigenvalue weighted by Gasteiger charge is 2.19. The van der Waals surface area contributed by atoms with Gasteiger partial charge in [0.05, 0.1) is 7.11 Å². The van der Waals surface area contributed by atoms with Gasteiger partial charge in [-0.05, 0) is 36.6 Å². The molecule has 5 nitrogen and oxygen atoms in total. The number of nitrogen functional groups attached to an aromatic ring is 1. The van der Waals surface area contributed by atoms with Crippen LogP contribution in [0.15, 0.2) is 29.2 Å². The standard InChI is InChI=1S/C12H13NO4S/c1-7-11(18(14,15)16)6-8-5-9(13)3-4-10(8)12(7)17-2/h3-6H,13H2,1-2H3,(H,14,15,16). The van der Waals surface area contributed by atoms with Gasteiger partial charge in [-0.2, -0.15) is 8.42 Å².